The third-order valence-corrected chi connectivity index (χ3v) is 5.23. The van der Waals surface area contributed by atoms with Crippen LogP contribution in [0.1, 0.15) is 27.0 Å². The van der Waals surface area contributed by atoms with Crippen LogP contribution in [0, 0.1) is 20.8 Å². The number of allylic oxidation sites excluding steroid dienone is 1. The molecule has 24 heavy (non-hydrogen) atoms. The topological polar surface area (TPSA) is 34.4 Å². The molecule has 122 valence electrons. The second kappa shape index (κ2) is 6.57. The van der Waals surface area contributed by atoms with Crippen LogP contribution >= 0.6 is 11.3 Å². The van der Waals surface area contributed by atoms with Crippen molar-refractivity contribution >= 4 is 27.5 Å². The van der Waals surface area contributed by atoms with Gasteiger partial charge in [-0.25, -0.2) is 0 Å². The van der Waals surface area contributed by atoms with Crippen molar-refractivity contribution in [3.63, 3.8) is 0 Å². The summed E-state index contributed by atoms with van der Waals surface area (Å²) in [7, 11) is 0. The minimum Gasteiger partial charge on any atom is -0.312 e. The van der Waals surface area contributed by atoms with E-state index in [0.717, 1.165) is 11.1 Å². The Morgan fingerprint density at radius 1 is 1.21 bits per heavy atom. The van der Waals surface area contributed by atoms with Crippen molar-refractivity contribution in [1.82, 2.24) is 4.57 Å². The molecule has 0 saturated carbocycles. The summed E-state index contributed by atoms with van der Waals surface area (Å²) in [5, 5.41) is 0. The molecule has 2 aromatic carbocycles. The van der Waals surface area contributed by atoms with Gasteiger partial charge in [-0.15, -0.1) is 6.58 Å². The molecule has 0 N–H and O–H groups in total. The average Bonchev–Trinajstić information content (AvgIpc) is 2.86. The second-order valence-corrected chi connectivity index (χ2v) is 6.92. The number of carbonyl (C=O) groups is 1. The van der Waals surface area contributed by atoms with Gasteiger partial charge in [0.1, 0.15) is 0 Å². The highest BCUT2D eigenvalue weighted by Crippen LogP contribution is 2.23. The van der Waals surface area contributed by atoms with Gasteiger partial charge in [-0.2, -0.15) is 4.99 Å². The Bertz CT molecular complexity index is 1010. The summed E-state index contributed by atoms with van der Waals surface area (Å²) in [5.41, 5.74) is 5.10. The SMILES string of the molecule is C=CCn1c(=NC(=O)c2ccccc2C)sc2c(C)cc(C)cc21. The molecule has 0 radical (unpaired) electrons. The molecular weight excluding hydrogens is 316 g/mol. The molecule has 1 amide bonds. The normalized spacial score (nSPS) is 11.9. The molecule has 1 aromatic heterocycles. The molecule has 0 fully saturated rings. The number of hydrogen-bond acceptors (Lipinski definition) is 2. The first-order valence-electron chi connectivity index (χ1n) is 7.87. The number of nitrogens with zero attached hydrogens (tertiary/aromatic N) is 2. The first-order valence-corrected chi connectivity index (χ1v) is 8.69. The molecule has 0 bridgehead atoms. The highest BCUT2D eigenvalue weighted by Gasteiger charge is 2.11. The van der Waals surface area contributed by atoms with E-state index in [0.29, 0.717) is 16.9 Å². The summed E-state index contributed by atoms with van der Waals surface area (Å²) < 4.78 is 3.22. The summed E-state index contributed by atoms with van der Waals surface area (Å²) in [6, 6.07) is 11.8. The number of benzene rings is 2. The number of amides is 1. The summed E-state index contributed by atoms with van der Waals surface area (Å²) in [4.78, 5) is 17.7. The van der Waals surface area contributed by atoms with Crippen molar-refractivity contribution in [2.45, 2.75) is 27.3 Å². The van der Waals surface area contributed by atoms with Gasteiger partial charge in [-0.3, -0.25) is 4.79 Å². The van der Waals surface area contributed by atoms with Crippen molar-refractivity contribution in [2.24, 2.45) is 4.99 Å². The van der Waals surface area contributed by atoms with Crippen molar-refractivity contribution in [3.05, 3.63) is 76.1 Å². The Morgan fingerprint density at radius 3 is 2.67 bits per heavy atom. The van der Waals surface area contributed by atoms with E-state index in [-0.39, 0.29) is 5.91 Å². The van der Waals surface area contributed by atoms with E-state index >= 15 is 0 Å². The lowest BCUT2D eigenvalue weighted by molar-refractivity contribution is 0.0997. The Kier molecular flexibility index (Phi) is 4.49. The van der Waals surface area contributed by atoms with Crippen LogP contribution in [0.2, 0.25) is 0 Å². The molecule has 0 aliphatic rings. The standard InChI is InChI=1S/C20H20N2OS/c1-5-10-22-17-12-13(2)11-15(4)18(17)24-20(22)21-19(23)16-9-7-6-8-14(16)3/h5-9,11-12H,1,10H2,2-4H3. The van der Waals surface area contributed by atoms with E-state index in [1.54, 1.807) is 11.3 Å². The summed E-state index contributed by atoms with van der Waals surface area (Å²) in [5.74, 6) is -0.202. The monoisotopic (exact) mass is 336 g/mol. The van der Waals surface area contributed by atoms with Crippen LogP contribution in [0.4, 0.5) is 0 Å². The lowest BCUT2D eigenvalue weighted by Crippen LogP contribution is -2.16. The van der Waals surface area contributed by atoms with Crippen LogP contribution < -0.4 is 4.80 Å². The Morgan fingerprint density at radius 2 is 1.96 bits per heavy atom. The third-order valence-electron chi connectivity index (χ3n) is 4.00. The summed E-state index contributed by atoms with van der Waals surface area (Å²) in [6.45, 7) is 10.6. The van der Waals surface area contributed by atoms with Crippen LogP contribution in [0.25, 0.3) is 10.2 Å². The molecular formula is C20H20N2OS. The first kappa shape index (κ1) is 16.4. The zero-order valence-corrected chi connectivity index (χ0v) is 15.0. The number of hydrogen-bond donors (Lipinski definition) is 0. The fraction of sp³-hybridized carbons (Fsp3) is 0.200. The smallest absolute Gasteiger partial charge is 0.279 e. The summed E-state index contributed by atoms with van der Waals surface area (Å²) >= 11 is 1.56. The average molecular weight is 336 g/mol. The predicted molar refractivity (Wildman–Crippen MR) is 101 cm³/mol. The Hall–Kier alpha value is -2.46. The fourth-order valence-corrected chi connectivity index (χ4v) is 3.95. The maximum absolute atomic E-state index is 12.6. The van der Waals surface area contributed by atoms with Crippen LogP contribution in [0.3, 0.4) is 0 Å². The number of aromatic nitrogens is 1. The van der Waals surface area contributed by atoms with Gasteiger partial charge in [0.25, 0.3) is 5.91 Å². The van der Waals surface area contributed by atoms with Crippen molar-refractivity contribution in [1.29, 1.82) is 0 Å². The number of rotatable bonds is 3. The van der Waals surface area contributed by atoms with Crippen molar-refractivity contribution in [2.75, 3.05) is 0 Å². The Labute approximate surface area is 145 Å². The second-order valence-electron chi connectivity index (χ2n) is 5.95. The Balaban J connectivity index is 2.23. The van der Waals surface area contributed by atoms with E-state index in [4.69, 9.17) is 0 Å². The number of aryl methyl sites for hydroxylation is 3. The molecule has 4 heteroatoms. The maximum atomic E-state index is 12.6. The first-order chi connectivity index (χ1) is 11.5. The molecule has 0 atom stereocenters. The largest absolute Gasteiger partial charge is 0.312 e. The van der Waals surface area contributed by atoms with Gasteiger partial charge in [-0.1, -0.05) is 41.7 Å². The molecule has 1 heterocycles. The van der Waals surface area contributed by atoms with Crippen LogP contribution in [-0.2, 0) is 6.54 Å². The van der Waals surface area contributed by atoms with E-state index < -0.39 is 0 Å². The molecule has 3 nitrogen and oxygen atoms in total. The minimum atomic E-state index is -0.202. The minimum absolute atomic E-state index is 0.202. The lowest BCUT2D eigenvalue weighted by Gasteiger charge is -2.04. The van der Waals surface area contributed by atoms with E-state index in [9.17, 15) is 4.79 Å². The van der Waals surface area contributed by atoms with Gasteiger partial charge in [0, 0.05) is 12.1 Å². The molecule has 0 aliphatic carbocycles. The van der Waals surface area contributed by atoms with Gasteiger partial charge in [0.05, 0.1) is 10.2 Å². The van der Waals surface area contributed by atoms with Crippen LogP contribution in [-0.4, -0.2) is 10.5 Å². The molecule has 0 aliphatic heterocycles. The molecule has 0 saturated heterocycles. The van der Waals surface area contributed by atoms with Gasteiger partial charge >= 0.3 is 0 Å². The van der Waals surface area contributed by atoms with Crippen molar-refractivity contribution in [3.8, 4) is 0 Å². The van der Waals surface area contributed by atoms with Gasteiger partial charge in [0.2, 0.25) is 0 Å². The third kappa shape index (κ3) is 2.97. The van der Waals surface area contributed by atoms with Gasteiger partial charge in [0.15, 0.2) is 4.80 Å². The zero-order valence-electron chi connectivity index (χ0n) is 14.2. The number of carbonyl (C=O) groups excluding carboxylic acids is 1. The van der Waals surface area contributed by atoms with E-state index in [1.807, 2.05) is 37.3 Å². The quantitative estimate of drug-likeness (QED) is 0.646. The lowest BCUT2D eigenvalue weighted by atomic mass is 10.1. The molecule has 3 rings (SSSR count). The highest BCUT2D eigenvalue weighted by molar-refractivity contribution is 7.16. The van der Waals surface area contributed by atoms with E-state index in [1.165, 1.54) is 15.8 Å². The van der Waals surface area contributed by atoms with Gasteiger partial charge < -0.3 is 4.57 Å². The number of thiazole rings is 1. The van der Waals surface area contributed by atoms with Crippen LogP contribution in [0.5, 0.6) is 0 Å². The molecule has 0 unspecified atom stereocenters. The molecule has 0 spiro atoms. The van der Waals surface area contributed by atoms with Gasteiger partial charge in [-0.05, 0) is 49.6 Å². The highest BCUT2D eigenvalue weighted by atomic mass is 32.1. The summed E-state index contributed by atoms with van der Waals surface area (Å²) in [6.07, 6.45) is 1.83. The van der Waals surface area contributed by atoms with Crippen LogP contribution in [0.15, 0.2) is 54.0 Å². The zero-order chi connectivity index (χ0) is 17.3. The maximum Gasteiger partial charge on any atom is 0.279 e. The predicted octanol–water partition coefficient (Wildman–Crippen LogP) is 4.56. The van der Waals surface area contributed by atoms with Crippen molar-refractivity contribution < 1.29 is 4.79 Å². The molecule has 3 aromatic rings. The number of fused-ring (bicyclic) bond motifs is 1. The van der Waals surface area contributed by atoms with E-state index in [2.05, 4.69) is 42.1 Å². The fourth-order valence-electron chi connectivity index (χ4n) is 2.86.